The molecular formula is C16H22O6. The summed E-state index contributed by atoms with van der Waals surface area (Å²) < 4.78 is 5.11. The molecule has 0 unspecified atom stereocenters. The first-order valence-corrected chi connectivity index (χ1v) is 6.74. The molecule has 0 fully saturated rings. The van der Waals surface area contributed by atoms with Crippen LogP contribution in [-0.2, 0) is 9.53 Å². The summed E-state index contributed by atoms with van der Waals surface area (Å²) in [6.07, 6.45) is 1.38. The summed E-state index contributed by atoms with van der Waals surface area (Å²) in [6, 6.07) is 8.64. The van der Waals surface area contributed by atoms with E-state index in [1.165, 1.54) is 0 Å². The van der Waals surface area contributed by atoms with Gasteiger partial charge < -0.3 is 20.1 Å². The molecule has 1 rings (SSSR count). The highest BCUT2D eigenvalue weighted by atomic mass is 16.5. The topological polar surface area (TPSA) is 104 Å². The molecule has 1 aromatic carbocycles. The summed E-state index contributed by atoms with van der Waals surface area (Å²) in [5.41, 5.74) is -0.279. The van der Waals surface area contributed by atoms with Crippen LogP contribution in [0.1, 0.15) is 23.7 Å². The van der Waals surface area contributed by atoms with Crippen LogP contribution >= 0.6 is 0 Å². The third kappa shape index (κ3) is 7.01. The number of aliphatic hydroxyl groups excluding tert-OH is 2. The molecule has 0 atom stereocenters. The molecule has 0 saturated heterocycles. The quantitative estimate of drug-likeness (QED) is 0.520. The minimum absolute atomic E-state index is 0.0181. The molecule has 6 heteroatoms. The molecule has 3 N–H and O–H groups in total. The van der Waals surface area contributed by atoms with Crippen LogP contribution in [0.4, 0.5) is 0 Å². The Morgan fingerprint density at radius 3 is 2.09 bits per heavy atom. The number of hydrogen-bond donors (Lipinski definition) is 3. The predicted molar refractivity (Wildman–Crippen MR) is 81.5 cm³/mol. The van der Waals surface area contributed by atoms with Crippen molar-refractivity contribution < 1.29 is 29.6 Å². The second-order valence-electron chi connectivity index (χ2n) is 4.65. The highest BCUT2D eigenvalue weighted by Gasteiger charge is 2.28. The van der Waals surface area contributed by atoms with Gasteiger partial charge in [0.1, 0.15) is 6.61 Å². The van der Waals surface area contributed by atoms with Gasteiger partial charge in [-0.05, 0) is 18.6 Å². The maximum absolute atomic E-state index is 11.7. The average molecular weight is 310 g/mol. The fourth-order valence-corrected chi connectivity index (χ4v) is 1.34. The summed E-state index contributed by atoms with van der Waals surface area (Å²) in [5, 5.41) is 26.0. The van der Waals surface area contributed by atoms with Crippen molar-refractivity contribution in [3.8, 4) is 0 Å². The van der Waals surface area contributed by atoms with Gasteiger partial charge in [0.2, 0.25) is 0 Å². The zero-order valence-corrected chi connectivity index (χ0v) is 12.6. The molecule has 0 aliphatic carbocycles. The smallest absolute Gasteiger partial charge is 0.338 e. The van der Waals surface area contributed by atoms with Gasteiger partial charge >= 0.3 is 11.9 Å². The van der Waals surface area contributed by atoms with Crippen LogP contribution in [0.2, 0.25) is 0 Å². The summed E-state index contributed by atoms with van der Waals surface area (Å²) in [5.74, 6) is -1.42. The molecule has 0 aliphatic rings. The fraction of sp³-hybridized carbons (Fsp3) is 0.375. The van der Waals surface area contributed by atoms with Gasteiger partial charge in [0.25, 0.3) is 0 Å². The Hall–Kier alpha value is -2.18. The first-order valence-electron chi connectivity index (χ1n) is 6.74. The Labute approximate surface area is 129 Å². The summed E-state index contributed by atoms with van der Waals surface area (Å²) in [7, 11) is 0. The zero-order chi connectivity index (χ0) is 17.0. The maximum Gasteiger partial charge on any atom is 0.338 e. The predicted octanol–water partition coefficient (Wildman–Crippen LogP) is 1.48. The van der Waals surface area contributed by atoms with Crippen molar-refractivity contribution in [2.45, 2.75) is 13.3 Å². The Balaban J connectivity index is 0.000000763. The normalized spacial score (nSPS) is 10.1. The van der Waals surface area contributed by atoms with E-state index in [9.17, 15) is 19.8 Å². The first-order chi connectivity index (χ1) is 10.4. The third-order valence-electron chi connectivity index (χ3n) is 3.11. The third-order valence-corrected chi connectivity index (χ3v) is 3.11. The lowest BCUT2D eigenvalue weighted by molar-refractivity contribution is -0.131. The monoisotopic (exact) mass is 310 g/mol. The molecule has 0 bridgehead atoms. The van der Waals surface area contributed by atoms with Crippen molar-refractivity contribution in [1.82, 2.24) is 0 Å². The largest absolute Gasteiger partial charge is 0.478 e. The number of carbonyl (C=O) groups excluding carboxylic acids is 1. The van der Waals surface area contributed by atoms with Crippen LogP contribution in [0.3, 0.4) is 0 Å². The van der Waals surface area contributed by atoms with Gasteiger partial charge in [0.05, 0.1) is 24.2 Å². The van der Waals surface area contributed by atoms with Crippen molar-refractivity contribution in [1.29, 1.82) is 0 Å². The van der Waals surface area contributed by atoms with Gasteiger partial charge in [-0.25, -0.2) is 9.59 Å². The minimum atomic E-state index is -0.981. The van der Waals surface area contributed by atoms with Crippen LogP contribution in [-0.4, -0.2) is 47.1 Å². The lowest BCUT2D eigenvalue weighted by atomic mass is 9.88. The second-order valence-corrected chi connectivity index (χ2v) is 4.65. The SMILES string of the molecule is C=CC(=O)O.CCC(CO)(CO)COC(=O)c1ccccc1. The maximum atomic E-state index is 11.7. The molecule has 0 aliphatic heterocycles. The number of aliphatic hydroxyl groups is 2. The van der Waals surface area contributed by atoms with Crippen LogP contribution in [0.25, 0.3) is 0 Å². The van der Waals surface area contributed by atoms with E-state index >= 15 is 0 Å². The highest BCUT2D eigenvalue weighted by Crippen LogP contribution is 2.21. The molecule has 0 amide bonds. The number of carboxylic acid groups (broad SMARTS) is 1. The van der Waals surface area contributed by atoms with Crippen LogP contribution in [0.5, 0.6) is 0 Å². The Morgan fingerprint density at radius 1 is 1.23 bits per heavy atom. The lowest BCUT2D eigenvalue weighted by Gasteiger charge is -2.27. The summed E-state index contributed by atoms with van der Waals surface area (Å²) >= 11 is 0. The van der Waals surface area contributed by atoms with Gasteiger partial charge in [-0.2, -0.15) is 0 Å². The summed E-state index contributed by atoms with van der Waals surface area (Å²) in [6.45, 7) is 4.40. The van der Waals surface area contributed by atoms with Crippen molar-refractivity contribution in [2.24, 2.45) is 5.41 Å². The van der Waals surface area contributed by atoms with Gasteiger partial charge in [0.15, 0.2) is 0 Å². The number of hydrogen-bond acceptors (Lipinski definition) is 5. The highest BCUT2D eigenvalue weighted by molar-refractivity contribution is 5.89. The van der Waals surface area contributed by atoms with E-state index in [2.05, 4.69) is 6.58 Å². The summed E-state index contributed by atoms with van der Waals surface area (Å²) in [4.78, 5) is 20.9. The molecule has 0 saturated carbocycles. The van der Waals surface area contributed by atoms with Crippen molar-refractivity contribution in [3.05, 3.63) is 48.6 Å². The number of benzene rings is 1. The van der Waals surface area contributed by atoms with Gasteiger partial charge in [-0.15, -0.1) is 0 Å². The molecule has 0 heterocycles. The number of aliphatic carboxylic acids is 1. The number of rotatable bonds is 7. The molecule has 122 valence electrons. The Morgan fingerprint density at radius 2 is 1.73 bits per heavy atom. The van der Waals surface area contributed by atoms with E-state index in [4.69, 9.17) is 9.84 Å². The van der Waals surface area contributed by atoms with Crippen LogP contribution in [0, 0.1) is 5.41 Å². The van der Waals surface area contributed by atoms with Crippen LogP contribution < -0.4 is 0 Å². The fourth-order valence-electron chi connectivity index (χ4n) is 1.34. The number of esters is 1. The molecule has 1 aromatic rings. The van der Waals surface area contributed by atoms with E-state index in [1.54, 1.807) is 24.3 Å². The second kappa shape index (κ2) is 10.5. The average Bonchev–Trinajstić information content (AvgIpc) is 2.57. The van der Waals surface area contributed by atoms with Crippen molar-refractivity contribution in [3.63, 3.8) is 0 Å². The molecular weight excluding hydrogens is 288 g/mol. The van der Waals surface area contributed by atoms with Gasteiger partial charge in [-0.1, -0.05) is 31.7 Å². The van der Waals surface area contributed by atoms with E-state index in [1.807, 2.05) is 13.0 Å². The van der Waals surface area contributed by atoms with Crippen molar-refractivity contribution in [2.75, 3.05) is 19.8 Å². The molecule has 0 spiro atoms. The minimum Gasteiger partial charge on any atom is -0.478 e. The molecule has 0 aromatic heterocycles. The number of carbonyl (C=O) groups is 2. The van der Waals surface area contributed by atoms with Gasteiger partial charge in [-0.3, -0.25) is 0 Å². The standard InChI is InChI=1S/C13H18O4.C3H4O2/c1-2-13(8-14,9-15)10-17-12(16)11-6-4-3-5-7-11;1-2-3(4)5/h3-7,14-15H,2,8-10H2,1H3;2H,1H2,(H,4,5). The number of carboxylic acids is 1. The zero-order valence-electron chi connectivity index (χ0n) is 12.6. The molecule has 6 nitrogen and oxygen atoms in total. The van der Waals surface area contributed by atoms with E-state index < -0.39 is 17.4 Å². The Kier molecular flexibility index (Phi) is 9.49. The van der Waals surface area contributed by atoms with Crippen LogP contribution in [0.15, 0.2) is 43.0 Å². The molecule has 22 heavy (non-hydrogen) atoms. The lowest BCUT2D eigenvalue weighted by Crippen LogP contribution is -2.35. The molecule has 0 radical (unpaired) electrons. The first kappa shape index (κ1) is 19.8. The van der Waals surface area contributed by atoms with Gasteiger partial charge in [0, 0.05) is 6.08 Å². The van der Waals surface area contributed by atoms with Crippen molar-refractivity contribution >= 4 is 11.9 Å². The Bertz CT molecular complexity index is 457. The number of ether oxygens (including phenoxy) is 1. The van der Waals surface area contributed by atoms with E-state index in [0.29, 0.717) is 12.0 Å². The van der Waals surface area contributed by atoms with E-state index in [-0.39, 0.29) is 19.8 Å². The van der Waals surface area contributed by atoms with E-state index in [0.717, 1.165) is 6.08 Å².